The van der Waals surface area contributed by atoms with E-state index in [2.05, 4.69) is 62.1 Å². The number of nitrogens with two attached hydrogens (primary N) is 1. The van der Waals surface area contributed by atoms with E-state index in [4.69, 9.17) is 15.2 Å². The zero-order chi connectivity index (χ0) is 42.9. The normalized spacial score (nSPS) is 19.9. The second kappa shape index (κ2) is 19.8. The SMILES string of the molecule is Nc1ccccc1NC(=O)CCCCC(=O)NCc1cccc(-c2cccc([C@@H]3O[C@H](CN4CCC5(CC4)C(=O)NCN5c4ccccc4)C[C@H](c4ccc(CO)cc4)O3)c2)c1. The van der Waals surface area contributed by atoms with E-state index in [9.17, 15) is 19.5 Å². The number of carbonyl (C=O) groups excluding carboxylic acids is 3. The molecule has 3 amide bonds. The van der Waals surface area contributed by atoms with Crippen molar-refractivity contribution >= 4 is 34.8 Å². The van der Waals surface area contributed by atoms with Crippen LogP contribution in [-0.4, -0.2) is 65.7 Å². The van der Waals surface area contributed by atoms with Crippen LogP contribution in [0.2, 0.25) is 0 Å². The average Bonchev–Trinajstić information content (AvgIpc) is 3.62. The Hall–Kier alpha value is -6.05. The Kier molecular flexibility index (Phi) is 13.6. The lowest BCUT2D eigenvalue weighted by Gasteiger charge is -2.45. The van der Waals surface area contributed by atoms with E-state index in [-0.39, 0.29) is 36.5 Å². The molecule has 3 saturated heterocycles. The van der Waals surface area contributed by atoms with Gasteiger partial charge in [0.15, 0.2) is 6.29 Å². The summed E-state index contributed by atoms with van der Waals surface area (Å²) >= 11 is 0. The molecule has 0 bridgehead atoms. The Balaban J connectivity index is 0.890. The Bertz CT molecular complexity index is 2310. The number of aliphatic hydroxyl groups excluding tert-OH is 1. The molecule has 3 fully saturated rings. The van der Waals surface area contributed by atoms with Crippen LogP contribution in [0.1, 0.15) is 79.6 Å². The van der Waals surface area contributed by atoms with E-state index in [1.165, 1.54) is 0 Å². The largest absolute Gasteiger partial charge is 0.397 e. The third-order valence-electron chi connectivity index (χ3n) is 12.4. The van der Waals surface area contributed by atoms with Crippen LogP contribution in [0, 0.1) is 0 Å². The maximum atomic E-state index is 13.3. The molecule has 322 valence electrons. The van der Waals surface area contributed by atoms with Crippen LogP contribution in [0.4, 0.5) is 17.1 Å². The van der Waals surface area contributed by atoms with Gasteiger partial charge in [0.2, 0.25) is 17.7 Å². The highest BCUT2D eigenvalue weighted by Crippen LogP contribution is 2.41. The molecule has 0 radical (unpaired) electrons. The summed E-state index contributed by atoms with van der Waals surface area (Å²) in [5.41, 5.74) is 13.3. The van der Waals surface area contributed by atoms with Gasteiger partial charge in [0.25, 0.3) is 0 Å². The molecule has 0 unspecified atom stereocenters. The first-order chi connectivity index (χ1) is 30.3. The highest BCUT2D eigenvalue weighted by atomic mass is 16.7. The topological polar surface area (TPSA) is 158 Å². The maximum absolute atomic E-state index is 13.3. The van der Waals surface area contributed by atoms with Gasteiger partial charge in [-0.15, -0.1) is 0 Å². The van der Waals surface area contributed by atoms with Crippen LogP contribution in [0.25, 0.3) is 11.1 Å². The highest BCUT2D eigenvalue weighted by Gasteiger charge is 2.50. The Morgan fingerprint density at radius 3 is 2.24 bits per heavy atom. The van der Waals surface area contributed by atoms with E-state index < -0.39 is 11.8 Å². The lowest BCUT2D eigenvalue weighted by atomic mass is 9.85. The third-order valence-corrected chi connectivity index (χ3v) is 12.4. The Morgan fingerprint density at radius 1 is 0.774 bits per heavy atom. The van der Waals surface area contributed by atoms with Gasteiger partial charge in [0.1, 0.15) is 5.54 Å². The molecule has 5 aromatic carbocycles. The van der Waals surface area contributed by atoms with E-state index in [0.29, 0.717) is 63.2 Å². The van der Waals surface area contributed by atoms with Crippen LogP contribution < -0.4 is 26.6 Å². The van der Waals surface area contributed by atoms with Gasteiger partial charge < -0.3 is 46.1 Å². The number of para-hydroxylation sites is 3. The van der Waals surface area contributed by atoms with Crippen molar-refractivity contribution in [2.45, 2.75) is 82.1 Å². The first-order valence-electron chi connectivity index (χ1n) is 21.7. The van der Waals surface area contributed by atoms with Crippen molar-refractivity contribution in [1.29, 1.82) is 0 Å². The number of unbranched alkanes of at least 4 members (excludes halogenated alkanes) is 1. The maximum Gasteiger partial charge on any atom is 0.247 e. The molecule has 5 aromatic rings. The fourth-order valence-corrected chi connectivity index (χ4v) is 8.87. The second-order valence-corrected chi connectivity index (χ2v) is 16.6. The average molecular weight is 837 g/mol. The van der Waals surface area contributed by atoms with Crippen LogP contribution >= 0.6 is 0 Å². The second-order valence-electron chi connectivity index (χ2n) is 16.6. The van der Waals surface area contributed by atoms with Crippen molar-refractivity contribution in [1.82, 2.24) is 15.5 Å². The number of nitrogen functional groups attached to an aromatic ring is 1. The summed E-state index contributed by atoms with van der Waals surface area (Å²) in [7, 11) is 0. The molecule has 3 atom stereocenters. The van der Waals surface area contributed by atoms with Gasteiger partial charge in [-0.3, -0.25) is 14.4 Å². The number of nitrogens with one attached hydrogen (secondary N) is 3. The minimum absolute atomic E-state index is 0.0231. The first-order valence-corrected chi connectivity index (χ1v) is 21.7. The summed E-state index contributed by atoms with van der Waals surface area (Å²) in [6.07, 6.45) is 2.98. The first kappa shape index (κ1) is 42.6. The predicted octanol–water partition coefficient (Wildman–Crippen LogP) is 7.22. The summed E-state index contributed by atoms with van der Waals surface area (Å²) in [5.74, 6) is -0.0811. The number of likely N-dealkylation sites (tertiary alicyclic amines) is 1. The van der Waals surface area contributed by atoms with Gasteiger partial charge in [0, 0.05) is 56.7 Å². The van der Waals surface area contributed by atoms with Crippen molar-refractivity contribution in [3.63, 3.8) is 0 Å². The van der Waals surface area contributed by atoms with Crippen molar-refractivity contribution in [2.24, 2.45) is 0 Å². The lowest BCUT2D eigenvalue weighted by Crippen LogP contribution is -2.57. The molecule has 3 aliphatic rings. The fraction of sp³-hybridized carbons (Fsp3) is 0.340. The molecule has 0 aliphatic carbocycles. The van der Waals surface area contributed by atoms with Gasteiger partial charge in [0.05, 0.1) is 36.9 Å². The van der Waals surface area contributed by atoms with Crippen molar-refractivity contribution in [3.8, 4) is 11.1 Å². The van der Waals surface area contributed by atoms with Crippen molar-refractivity contribution in [2.75, 3.05) is 42.3 Å². The lowest BCUT2D eigenvalue weighted by molar-refractivity contribution is -0.253. The molecule has 6 N–H and O–H groups in total. The zero-order valence-electron chi connectivity index (χ0n) is 35.0. The highest BCUT2D eigenvalue weighted by molar-refractivity contribution is 5.94. The molecule has 0 saturated carbocycles. The smallest absolute Gasteiger partial charge is 0.247 e. The number of hydrogen-bond acceptors (Lipinski definition) is 9. The summed E-state index contributed by atoms with van der Waals surface area (Å²) in [6.45, 7) is 3.13. The molecule has 1 spiro atoms. The van der Waals surface area contributed by atoms with Crippen LogP contribution in [0.5, 0.6) is 0 Å². The van der Waals surface area contributed by atoms with Gasteiger partial charge in [-0.1, -0.05) is 91.0 Å². The van der Waals surface area contributed by atoms with Gasteiger partial charge in [-0.2, -0.15) is 0 Å². The molecule has 12 heteroatoms. The number of aliphatic hydroxyl groups is 1. The Morgan fingerprint density at radius 2 is 1.48 bits per heavy atom. The molecule has 3 aliphatic heterocycles. The molecule has 8 rings (SSSR count). The van der Waals surface area contributed by atoms with Crippen LogP contribution in [0.15, 0.2) is 127 Å². The summed E-state index contributed by atoms with van der Waals surface area (Å²) in [6, 6.07) is 41.6. The summed E-state index contributed by atoms with van der Waals surface area (Å²) in [5, 5.41) is 18.7. The number of amides is 3. The van der Waals surface area contributed by atoms with Crippen molar-refractivity contribution < 1.29 is 29.0 Å². The minimum atomic E-state index is -0.619. The van der Waals surface area contributed by atoms with Crippen LogP contribution in [0.3, 0.4) is 0 Å². The monoisotopic (exact) mass is 836 g/mol. The fourth-order valence-electron chi connectivity index (χ4n) is 8.87. The standard InChI is InChI=1S/C50H56N6O6/c51-43-16-4-5-17-44(43)54-47(59)19-7-6-18-46(58)52-31-36-10-8-11-38(28-36)39-12-9-13-40(29-39)48-61-42(30-45(62-48)37-22-20-35(33-57)21-23-37)32-55-26-24-50(25-27-55)49(60)53-34-56(50)41-14-2-1-3-15-41/h1-5,8-17,20-23,28-29,42,45,48,57H,6-7,18-19,24-27,30-34,51H2,(H,52,58)(H,53,60)(H,54,59)/t42-,45+,48+/m0/s1. The number of anilines is 3. The minimum Gasteiger partial charge on any atom is -0.397 e. The number of rotatable bonds is 15. The van der Waals surface area contributed by atoms with E-state index in [1.54, 1.807) is 12.1 Å². The predicted molar refractivity (Wildman–Crippen MR) is 240 cm³/mol. The number of hydrogen-bond donors (Lipinski definition) is 5. The third kappa shape index (κ3) is 10.2. The molecule has 12 nitrogen and oxygen atoms in total. The summed E-state index contributed by atoms with van der Waals surface area (Å²) < 4.78 is 13.5. The number of nitrogens with zero attached hydrogens (tertiary/aromatic N) is 2. The molecule has 0 aromatic heterocycles. The molecular weight excluding hydrogens is 781 g/mol. The van der Waals surface area contributed by atoms with E-state index >= 15 is 0 Å². The van der Waals surface area contributed by atoms with Crippen molar-refractivity contribution in [3.05, 3.63) is 150 Å². The molecule has 62 heavy (non-hydrogen) atoms. The van der Waals surface area contributed by atoms with Gasteiger partial charge >= 0.3 is 0 Å². The summed E-state index contributed by atoms with van der Waals surface area (Å²) in [4.78, 5) is 43.1. The van der Waals surface area contributed by atoms with E-state index in [1.807, 2.05) is 78.9 Å². The number of ether oxygens (including phenoxy) is 2. The van der Waals surface area contributed by atoms with Gasteiger partial charge in [-0.25, -0.2) is 0 Å². The number of piperidine rings is 1. The number of carbonyl (C=O) groups is 3. The number of benzene rings is 5. The van der Waals surface area contributed by atoms with E-state index in [0.717, 1.165) is 65.0 Å². The molecule has 3 heterocycles. The molecular formula is C50H56N6O6. The van der Waals surface area contributed by atoms with Crippen LogP contribution in [-0.2, 0) is 37.0 Å². The van der Waals surface area contributed by atoms with Gasteiger partial charge in [-0.05, 0) is 89.9 Å². The Labute approximate surface area is 363 Å². The quantitative estimate of drug-likeness (QED) is 0.0543. The zero-order valence-corrected chi connectivity index (χ0v) is 35.0.